The van der Waals surface area contributed by atoms with Gasteiger partial charge in [0.2, 0.25) is 0 Å². The molecule has 26 heavy (non-hydrogen) atoms. The fraction of sp³-hybridized carbons (Fsp3) is 0.200. The van der Waals surface area contributed by atoms with Crippen molar-refractivity contribution in [1.29, 1.82) is 0 Å². The fourth-order valence-corrected chi connectivity index (χ4v) is 2.75. The number of anilines is 2. The molecule has 6 nitrogen and oxygen atoms in total. The van der Waals surface area contributed by atoms with Crippen LogP contribution in [0.1, 0.15) is 11.3 Å². The summed E-state index contributed by atoms with van der Waals surface area (Å²) in [4.78, 5) is 16.7. The number of nitrogens with one attached hydrogen (secondary N) is 2. The van der Waals surface area contributed by atoms with Crippen molar-refractivity contribution < 1.29 is 4.79 Å². The number of carbonyl (C=O) groups is 1. The Morgan fingerprint density at radius 1 is 1.00 bits per heavy atom. The third-order valence-electron chi connectivity index (χ3n) is 4.05. The number of rotatable bonds is 6. The fourth-order valence-electron chi connectivity index (χ4n) is 2.75. The quantitative estimate of drug-likeness (QED) is 0.713. The molecule has 2 aromatic carbocycles. The van der Waals surface area contributed by atoms with Crippen LogP contribution in [0.5, 0.6) is 0 Å². The number of hydrogen-bond donors (Lipinski definition) is 2. The number of benzene rings is 2. The number of aromatic amines is 1. The summed E-state index contributed by atoms with van der Waals surface area (Å²) in [5.41, 5.74) is 3.70. The van der Waals surface area contributed by atoms with Crippen LogP contribution in [0.15, 0.2) is 66.9 Å². The van der Waals surface area contributed by atoms with Gasteiger partial charge >= 0.3 is 6.03 Å². The maximum atomic E-state index is 13.0. The van der Waals surface area contributed by atoms with Gasteiger partial charge in [-0.3, -0.25) is 5.10 Å². The van der Waals surface area contributed by atoms with Crippen molar-refractivity contribution >= 4 is 17.4 Å². The third kappa shape index (κ3) is 4.42. The summed E-state index contributed by atoms with van der Waals surface area (Å²) < 4.78 is 0. The molecule has 3 aromatic rings. The van der Waals surface area contributed by atoms with Gasteiger partial charge < -0.3 is 15.1 Å². The second-order valence-corrected chi connectivity index (χ2v) is 6.27. The summed E-state index contributed by atoms with van der Waals surface area (Å²) in [6, 6.07) is 19.4. The van der Waals surface area contributed by atoms with E-state index >= 15 is 0 Å². The highest BCUT2D eigenvalue weighted by Gasteiger charge is 2.17. The van der Waals surface area contributed by atoms with Gasteiger partial charge in [-0.1, -0.05) is 42.5 Å². The summed E-state index contributed by atoms with van der Waals surface area (Å²) >= 11 is 0. The molecule has 0 aliphatic rings. The van der Waals surface area contributed by atoms with Crippen molar-refractivity contribution in [2.75, 3.05) is 24.3 Å². The molecule has 0 aliphatic carbocycles. The number of amides is 2. The number of nitrogens with zero attached hydrogens (tertiary/aromatic N) is 3. The van der Waals surface area contributed by atoms with Crippen molar-refractivity contribution in [2.24, 2.45) is 0 Å². The minimum Gasteiger partial charge on any atom is -0.376 e. The lowest BCUT2D eigenvalue weighted by molar-refractivity contribution is 0.205. The molecular weight excluding hydrogens is 326 g/mol. The molecule has 1 heterocycles. The standard InChI is InChI=1S/C20H23N5O/c1-24(2)19-11-7-6-10-18(19)22-20(26)25(15-17-12-13-21-23-17)14-16-8-4-3-5-9-16/h3-13H,14-15H2,1-2H3,(H,21,23)(H,22,26). The second kappa shape index (κ2) is 8.20. The number of aromatic nitrogens is 2. The highest BCUT2D eigenvalue weighted by molar-refractivity contribution is 5.93. The summed E-state index contributed by atoms with van der Waals surface area (Å²) in [7, 11) is 3.91. The SMILES string of the molecule is CN(C)c1ccccc1NC(=O)N(Cc1ccccc1)Cc1ccn[nH]1. The van der Waals surface area contributed by atoms with E-state index in [0.29, 0.717) is 13.1 Å². The van der Waals surface area contributed by atoms with Crippen LogP contribution in [-0.2, 0) is 13.1 Å². The van der Waals surface area contributed by atoms with Crippen molar-refractivity contribution in [1.82, 2.24) is 15.1 Å². The summed E-state index contributed by atoms with van der Waals surface area (Å²) in [5, 5.41) is 9.93. The van der Waals surface area contributed by atoms with Crippen molar-refractivity contribution in [3.8, 4) is 0 Å². The Labute approximate surface area is 153 Å². The van der Waals surface area contributed by atoms with E-state index in [1.165, 1.54) is 0 Å². The van der Waals surface area contributed by atoms with Gasteiger partial charge in [0.15, 0.2) is 0 Å². The first-order valence-corrected chi connectivity index (χ1v) is 8.48. The van der Waals surface area contributed by atoms with Gasteiger partial charge in [-0.25, -0.2) is 4.79 Å². The van der Waals surface area contributed by atoms with Crippen LogP contribution < -0.4 is 10.2 Å². The van der Waals surface area contributed by atoms with Gasteiger partial charge in [-0.15, -0.1) is 0 Å². The van der Waals surface area contributed by atoms with Gasteiger partial charge in [0.1, 0.15) is 0 Å². The Hall–Kier alpha value is -3.28. The molecule has 0 spiro atoms. The van der Waals surface area contributed by atoms with Crippen LogP contribution in [0.25, 0.3) is 0 Å². The molecule has 0 saturated carbocycles. The normalized spacial score (nSPS) is 10.4. The predicted molar refractivity (Wildman–Crippen MR) is 104 cm³/mol. The lowest BCUT2D eigenvalue weighted by atomic mass is 10.2. The Kier molecular flexibility index (Phi) is 5.53. The summed E-state index contributed by atoms with van der Waals surface area (Å²) in [6.45, 7) is 0.959. The molecule has 0 radical (unpaired) electrons. The number of carbonyl (C=O) groups excluding carboxylic acids is 1. The average molecular weight is 349 g/mol. The topological polar surface area (TPSA) is 64.3 Å². The minimum absolute atomic E-state index is 0.155. The Morgan fingerprint density at radius 2 is 1.73 bits per heavy atom. The van der Waals surface area contributed by atoms with Crippen LogP contribution in [0.3, 0.4) is 0 Å². The molecule has 0 bridgehead atoms. The van der Waals surface area contributed by atoms with Gasteiger partial charge in [0.25, 0.3) is 0 Å². The molecule has 2 amide bonds. The third-order valence-corrected chi connectivity index (χ3v) is 4.05. The zero-order valence-corrected chi connectivity index (χ0v) is 15.0. The van der Waals surface area contributed by atoms with Gasteiger partial charge in [0, 0.05) is 26.8 Å². The van der Waals surface area contributed by atoms with E-state index in [-0.39, 0.29) is 6.03 Å². The molecule has 2 N–H and O–H groups in total. The smallest absolute Gasteiger partial charge is 0.322 e. The highest BCUT2D eigenvalue weighted by Crippen LogP contribution is 2.24. The van der Waals surface area contributed by atoms with Crippen LogP contribution in [0, 0.1) is 0 Å². The van der Waals surface area contributed by atoms with Gasteiger partial charge in [-0.2, -0.15) is 5.10 Å². The molecular formula is C20H23N5O. The van der Waals surface area contributed by atoms with E-state index in [1.807, 2.05) is 79.7 Å². The molecule has 134 valence electrons. The van der Waals surface area contributed by atoms with E-state index in [4.69, 9.17) is 0 Å². The summed E-state index contributed by atoms with van der Waals surface area (Å²) in [5.74, 6) is 0. The number of para-hydroxylation sites is 2. The first kappa shape index (κ1) is 17.5. The Balaban J connectivity index is 1.80. The first-order valence-electron chi connectivity index (χ1n) is 8.48. The Bertz CT molecular complexity index is 830. The van der Waals surface area contributed by atoms with E-state index in [1.54, 1.807) is 11.1 Å². The lowest BCUT2D eigenvalue weighted by Gasteiger charge is -2.24. The maximum absolute atomic E-state index is 13.0. The number of H-pyrrole nitrogens is 1. The number of hydrogen-bond acceptors (Lipinski definition) is 3. The molecule has 0 unspecified atom stereocenters. The van der Waals surface area contributed by atoms with Gasteiger partial charge in [-0.05, 0) is 23.8 Å². The molecule has 3 rings (SSSR count). The van der Waals surface area contributed by atoms with Crippen molar-refractivity contribution in [2.45, 2.75) is 13.1 Å². The molecule has 1 aromatic heterocycles. The zero-order chi connectivity index (χ0) is 18.4. The minimum atomic E-state index is -0.155. The molecule has 0 atom stereocenters. The molecule has 0 saturated heterocycles. The van der Waals surface area contributed by atoms with Crippen LogP contribution in [-0.4, -0.2) is 35.2 Å². The van der Waals surface area contributed by atoms with E-state index < -0.39 is 0 Å². The van der Waals surface area contributed by atoms with E-state index in [9.17, 15) is 4.79 Å². The second-order valence-electron chi connectivity index (χ2n) is 6.27. The molecule has 0 aliphatic heterocycles. The monoisotopic (exact) mass is 349 g/mol. The molecule has 6 heteroatoms. The van der Waals surface area contributed by atoms with Gasteiger partial charge in [0.05, 0.1) is 23.6 Å². The Morgan fingerprint density at radius 3 is 2.42 bits per heavy atom. The van der Waals surface area contributed by atoms with E-state index in [0.717, 1.165) is 22.6 Å². The zero-order valence-electron chi connectivity index (χ0n) is 15.0. The van der Waals surface area contributed by atoms with Crippen molar-refractivity contribution in [3.63, 3.8) is 0 Å². The predicted octanol–water partition coefficient (Wildman–Crippen LogP) is 3.71. The van der Waals surface area contributed by atoms with Crippen LogP contribution >= 0.6 is 0 Å². The van der Waals surface area contributed by atoms with Crippen LogP contribution in [0.4, 0.5) is 16.2 Å². The number of urea groups is 1. The largest absolute Gasteiger partial charge is 0.376 e. The van der Waals surface area contributed by atoms with E-state index in [2.05, 4.69) is 15.5 Å². The lowest BCUT2D eigenvalue weighted by Crippen LogP contribution is -2.34. The first-order chi connectivity index (χ1) is 12.6. The molecule has 0 fully saturated rings. The van der Waals surface area contributed by atoms with Crippen LogP contribution in [0.2, 0.25) is 0 Å². The highest BCUT2D eigenvalue weighted by atomic mass is 16.2. The van der Waals surface area contributed by atoms with Crippen molar-refractivity contribution in [3.05, 3.63) is 78.1 Å². The summed E-state index contributed by atoms with van der Waals surface area (Å²) in [6.07, 6.45) is 1.69. The maximum Gasteiger partial charge on any atom is 0.322 e. The average Bonchev–Trinajstić information content (AvgIpc) is 3.15.